The Hall–Kier alpha value is -1.44. The molecule has 24 heavy (non-hydrogen) atoms. The Kier molecular flexibility index (Phi) is 6.01. The van der Waals surface area contributed by atoms with Gasteiger partial charge < -0.3 is 9.84 Å². The number of aliphatic carboxylic acids is 1. The number of piperidine rings is 1. The van der Waals surface area contributed by atoms with Gasteiger partial charge in [0.25, 0.3) is 0 Å². The number of rotatable bonds is 6. The number of hydrogen-bond donors (Lipinski definition) is 1. The number of hydrogen-bond acceptors (Lipinski definition) is 4. The molecule has 1 aliphatic heterocycles. The van der Waals surface area contributed by atoms with E-state index in [0.29, 0.717) is 17.9 Å². The Morgan fingerprint density at radius 3 is 2.54 bits per heavy atom. The van der Waals surface area contributed by atoms with Crippen LogP contribution in [-0.4, -0.2) is 49.6 Å². The predicted molar refractivity (Wildman–Crippen MR) is 90.6 cm³/mol. The number of carboxylic acid groups (broad SMARTS) is 1. The van der Waals surface area contributed by atoms with Crippen molar-refractivity contribution in [2.45, 2.75) is 51.0 Å². The van der Waals surface area contributed by atoms with Crippen LogP contribution >= 0.6 is 0 Å². The van der Waals surface area contributed by atoms with Crippen LogP contribution in [-0.2, 0) is 19.6 Å². The third-order valence-electron chi connectivity index (χ3n) is 4.49. The summed E-state index contributed by atoms with van der Waals surface area (Å²) in [5.74, 6) is -1.05. The third kappa shape index (κ3) is 4.15. The molecule has 0 bridgehead atoms. The van der Waals surface area contributed by atoms with E-state index in [4.69, 9.17) is 9.84 Å². The Morgan fingerprint density at radius 1 is 1.21 bits per heavy atom. The highest BCUT2D eigenvalue weighted by atomic mass is 32.2. The first-order valence-electron chi connectivity index (χ1n) is 8.12. The van der Waals surface area contributed by atoms with Gasteiger partial charge in [-0.2, -0.15) is 4.31 Å². The van der Waals surface area contributed by atoms with Crippen molar-refractivity contribution in [2.75, 3.05) is 19.8 Å². The van der Waals surface area contributed by atoms with Gasteiger partial charge >= 0.3 is 5.97 Å². The average Bonchev–Trinajstić information content (AvgIpc) is 2.50. The summed E-state index contributed by atoms with van der Waals surface area (Å²) in [5, 5.41) is 8.68. The summed E-state index contributed by atoms with van der Waals surface area (Å²) in [6, 6.07) is 3.30. The van der Waals surface area contributed by atoms with Gasteiger partial charge in [-0.05, 0) is 56.4 Å². The minimum absolute atomic E-state index is 0.107. The molecule has 1 unspecified atom stereocenters. The molecular formula is C17H25NO5S. The lowest BCUT2D eigenvalue weighted by atomic mass is 10.1. The minimum Gasteiger partial charge on any atom is -0.480 e. The Bertz CT molecular complexity index is 714. The van der Waals surface area contributed by atoms with Gasteiger partial charge in [-0.15, -0.1) is 0 Å². The SMILES string of the molecule is Cc1cc(C)c(S(=O)(=O)N2CCCCC2COCC(=O)O)cc1C. The van der Waals surface area contributed by atoms with E-state index < -0.39 is 22.6 Å². The van der Waals surface area contributed by atoms with Crippen molar-refractivity contribution in [3.8, 4) is 0 Å². The van der Waals surface area contributed by atoms with Crippen molar-refractivity contribution in [3.63, 3.8) is 0 Å². The van der Waals surface area contributed by atoms with E-state index in [0.717, 1.165) is 29.5 Å². The molecule has 1 aliphatic rings. The zero-order valence-corrected chi connectivity index (χ0v) is 15.2. The first-order valence-corrected chi connectivity index (χ1v) is 9.56. The smallest absolute Gasteiger partial charge is 0.329 e. The number of sulfonamides is 1. The first-order chi connectivity index (χ1) is 11.2. The summed E-state index contributed by atoms with van der Waals surface area (Å²) in [6.07, 6.45) is 2.40. The van der Waals surface area contributed by atoms with Crippen LogP contribution in [0.1, 0.15) is 36.0 Å². The highest BCUT2D eigenvalue weighted by Crippen LogP contribution is 2.29. The number of ether oxygens (including phenoxy) is 1. The van der Waals surface area contributed by atoms with Crippen LogP contribution in [0.2, 0.25) is 0 Å². The summed E-state index contributed by atoms with van der Waals surface area (Å²) < 4.78 is 32.9. The zero-order chi connectivity index (χ0) is 17.9. The molecule has 1 atom stereocenters. The molecule has 1 aromatic rings. The Morgan fingerprint density at radius 2 is 1.88 bits per heavy atom. The largest absolute Gasteiger partial charge is 0.480 e. The molecule has 6 nitrogen and oxygen atoms in total. The van der Waals surface area contributed by atoms with Crippen molar-refractivity contribution < 1.29 is 23.1 Å². The van der Waals surface area contributed by atoms with Gasteiger partial charge in [0.15, 0.2) is 0 Å². The molecule has 1 aromatic carbocycles. The van der Waals surface area contributed by atoms with Gasteiger partial charge in [0.2, 0.25) is 10.0 Å². The monoisotopic (exact) mass is 355 g/mol. The van der Waals surface area contributed by atoms with Crippen molar-refractivity contribution in [1.82, 2.24) is 4.31 Å². The standard InChI is InChI=1S/C17H25NO5S/c1-12-8-14(3)16(9-13(12)2)24(21,22)18-7-5-4-6-15(18)10-23-11-17(19)20/h8-9,15H,4-7,10-11H2,1-3H3,(H,19,20). The van der Waals surface area contributed by atoms with Gasteiger partial charge in [0.1, 0.15) is 6.61 Å². The summed E-state index contributed by atoms with van der Waals surface area (Å²) in [6.45, 7) is 5.80. The lowest BCUT2D eigenvalue weighted by Crippen LogP contribution is -2.46. The molecule has 0 aromatic heterocycles. The van der Waals surface area contributed by atoms with Crippen LogP contribution in [0.15, 0.2) is 17.0 Å². The van der Waals surface area contributed by atoms with E-state index in [1.54, 1.807) is 13.0 Å². The predicted octanol–water partition coefficient (Wildman–Crippen LogP) is 2.26. The average molecular weight is 355 g/mol. The van der Waals surface area contributed by atoms with Gasteiger partial charge in [0.05, 0.1) is 11.5 Å². The maximum Gasteiger partial charge on any atom is 0.329 e. The maximum absolute atomic E-state index is 13.1. The van der Waals surface area contributed by atoms with Crippen molar-refractivity contribution >= 4 is 16.0 Å². The molecule has 0 radical (unpaired) electrons. The second-order valence-corrected chi connectivity index (χ2v) is 8.24. The topological polar surface area (TPSA) is 83.9 Å². The lowest BCUT2D eigenvalue weighted by Gasteiger charge is -2.34. The molecule has 7 heteroatoms. The number of nitrogens with zero attached hydrogens (tertiary/aromatic N) is 1. The van der Waals surface area contributed by atoms with Crippen molar-refractivity contribution in [2.24, 2.45) is 0 Å². The normalized spacial score (nSPS) is 19.4. The number of aryl methyl sites for hydroxylation is 3. The van der Waals surface area contributed by atoms with Crippen molar-refractivity contribution in [1.29, 1.82) is 0 Å². The van der Waals surface area contributed by atoms with Crippen molar-refractivity contribution in [3.05, 3.63) is 28.8 Å². The Labute approximate surface area is 143 Å². The van der Waals surface area contributed by atoms with Crippen LogP contribution in [0.4, 0.5) is 0 Å². The number of benzene rings is 1. The highest BCUT2D eigenvalue weighted by Gasteiger charge is 2.34. The summed E-state index contributed by atoms with van der Waals surface area (Å²) >= 11 is 0. The maximum atomic E-state index is 13.1. The van der Waals surface area contributed by atoms with Gasteiger partial charge in [0, 0.05) is 12.6 Å². The fraction of sp³-hybridized carbons (Fsp3) is 0.588. The quantitative estimate of drug-likeness (QED) is 0.846. The second-order valence-electron chi connectivity index (χ2n) is 6.38. The van der Waals surface area contributed by atoms with E-state index in [9.17, 15) is 13.2 Å². The van der Waals surface area contributed by atoms with Gasteiger partial charge in [-0.25, -0.2) is 13.2 Å². The van der Waals surface area contributed by atoms with E-state index >= 15 is 0 Å². The van der Waals surface area contributed by atoms with E-state index in [-0.39, 0.29) is 12.6 Å². The summed E-state index contributed by atoms with van der Waals surface area (Å²) in [7, 11) is -3.63. The second kappa shape index (κ2) is 7.63. The first kappa shape index (κ1) is 18.9. The van der Waals surface area contributed by atoms with E-state index in [1.165, 1.54) is 4.31 Å². The summed E-state index contributed by atoms with van der Waals surface area (Å²) in [4.78, 5) is 10.9. The van der Waals surface area contributed by atoms with E-state index in [1.807, 2.05) is 19.9 Å². The van der Waals surface area contributed by atoms with Crippen LogP contribution in [0.3, 0.4) is 0 Å². The number of carbonyl (C=O) groups is 1. The fourth-order valence-electron chi connectivity index (χ4n) is 3.08. The van der Waals surface area contributed by atoms with Crippen LogP contribution in [0.25, 0.3) is 0 Å². The molecule has 0 amide bonds. The number of carboxylic acids is 1. The van der Waals surface area contributed by atoms with Gasteiger partial charge in [-0.1, -0.05) is 12.5 Å². The fourth-order valence-corrected chi connectivity index (χ4v) is 5.05. The molecular weight excluding hydrogens is 330 g/mol. The molecule has 134 valence electrons. The lowest BCUT2D eigenvalue weighted by molar-refractivity contribution is -0.142. The molecule has 1 fully saturated rings. The zero-order valence-electron chi connectivity index (χ0n) is 14.4. The van der Waals surface area contributed by atoms with E-state index in [2.05, 4.69) is 0 Å². The molecule has 1 N–H and O–H groups in total. The van der Waals surface area contributed by atoms with Crippen LogP contribution < -0.4 is 0 Å². The molecule has 2 rings (SSSR count). The highest BCUT2D eigenvalue weighted by molar-refractivity contribution is 7.89. The molecule has 0 saturated carbocycles. The van der Waals surface area contributed by atoms with Crippen LogP contribution in [0, 0.1) is 20.8 Å². The van der Waals surface area contributed by atoms with Gasteiger partial charge in [-0.3, -0.25) is 0 Å². The minimum atomic E-state index is -3.63. The summed E-state index contributed by atoms with van der Waals surface area (Å²) in [5.41, 5.74) is 2.73. The molecule has 1 heterocycles. The van der Waals surface area contributed by atoms with Crippen LogP contribution in [0.5, 0.6) is 0 Å². The molecule has 1 saturated heterocycles. The third-order valence-corrected chi connectivity index (χ3v) is 6.58. The molecule has 0 spiro atoms. The molecule has 0 aliphatic carbocycles. The Balaban J connectivity index is 2.28.